The first-order valence-electron chi connectivity index (χ1n) is 7.57. The lowest BCUT2D eigenvalue weighted by atomic mass is 9.64. The molecular formula is C17H15F3N4. The highest BCUT2D eigenvalue weighted by molar-refractivity contribution is 5.39. The van der Waals surface area contributed by atoms with Gasteiger partial charge in [0.2, 0.25) is 0 Å². The Morgan fingerprint density at radius 3 is 2.54 bits per heavy atom. The number of aromatic nitrogens is 2. The summed E-state index contributed by atoms with van der Waals surface area (Å²) in [7, 11) is 0. The molecule has 0 unspecified atom stereocenters. The van der Waals surface area contributed by atoms with Crippen LogP contribution in [0.1, 0.15) is 36.1 Å². The van der Waals surface area contributed by atoms with Crippen LogP contribution in [0.25, 0.3) is 0 Å². The summed E-state index contributed by atoms with van der Waals surface area (Å²) in [5.41, 5.74) is -0.0319. The molecule has 0 amide bonds. The molecule has 1 aromatic carbocycles. The van der Waals surface area contributed by atoms with E-state index in [1.54, 1.807) is 6.07 Å². The second kappa shape index (κ2) is 6.11. The van der Waals surface area contributed by atoms with Gasteiger partial charge in [-0.15, -0.1) is 0 Å². The minimum Gasteiger partial charge on any atom is -0.368 e. The number of hydrogen-bond acceptors (Lipinski definition) is 4. The third-order valence-electron chi connectivity index (χ3n) is 4.49. The Labute approximate surface area is 137 Å². The third kappa shape index (κ3) is 3.18. The van der Waals surface area contributed by atoms with Crippen LogP contribution in [0.15, 0.2) is 36.7 Å². The van der Waals surface area contributed by atoms with Gasteiger partial charge in [0.15, 0.2) is 5.69 Å². The van der Waals surface area contributed by atoms with Crippen LogP contribution in [0.5, 0.6) is 0 Å². The molecule has 1 aliphatic rings. The molecule has 0 saturated heterocycles. The number of rotatable bonds is 4. The van der Waals surface area contributed by atoms with Gasteiger partial charge in [-0.25, -0.2) is 9.97 Å². The Morgan fingerprint density at radius 2 is 2.00 bits per heavy atom. The molecule has 4 nitrogen and oxygen atoms in total. The number of benzene rings is 1. The molecule has 0 spiro atoms. The molecule has 124 valence electrons. The van der Waals surface area contributed by atoms with Crippen molar-refractivity contribution in [3.63, 3.8) is 0 Å². The van der Waals surface area contributed by atoms with Gasteiger partial charge in [-0.2, -0.15) is 18.4 Å². The van der Waals surface area contributed by atoms with E-state index in [4.69, 9.17) is 5.26 Å². The molecule has 1 aromatic heterocycles. The van der Waals surface area contributed by atoms with Crippen molar-refractivity contribution in [3.05, 3.63) is 53.5 Å². The Bertz CT molecular complexity index is 759. The highest BCUT2D eigenvalue weighted by Gasteiger charge is 2.40. The molecular weight excluding hydrogens is 317 g/mol. The maximum atomic E-state index is 12.9. The lowest BCUT2D eigenvalue weighted by Gasteiger charge is -2.43. The normalized spacial score (nSPS) is 16.1. The Morgan fingerprint density at radius 1 is 1.21 bits per heavy atom. The molecule has 0 radical (unpaired) electrons. The number of nitrogens with zero attached hydrogens (tertiary/aromatic N) is 3. The molecule has 2 aromatic rings. The Kier molecular flexibility index (Phi) is 4.14. The average molecular weight is 332 g/mol. The summed E-state index contributed by atoms with van der Waals surface area (Å²) in [6, 6.07) is 7.43. The zero-order valence-corrected chi connectivity index (χ0v) is 12.8. The van der Waals surface area contributed by atoms with E-state index < -0.39 is 11.7 Å². The van der Waals surface area contributed by atoms with Crippen molar-refractivity contribution in [1.82, 2.24) is 9.97 Å². The van der Waals surface area contributed by atoms with Gasteiger partial charge >= 0.3 is 6.18 Å². The van der Waals surface area contributed by atoms with Crippen molar-refractivity contribution in [1.29, 1.82) is 5.26 Å². The SMILES string of the molecule is N#Cc1cnc(NCC2(c3cccc(C(F)(F)F)c3)CCC2)cn1. The zero-order valence-electron chi connectivity index (χ0n) is 12.8. The largest absolute Gasteiger partial charge is 0.416 e. The molecule has 1 heterocycles. The lowest BCUT2D eigenvalue weighted by Crippen LogP contribution is -2.41. The van der Waals surface area contributed by atoms with E-state index in [-0.39, 0.29) is 11.1 Å². The lowest BCUT2D eigenvalue weighted by molar-refractivity contribution is -0.137. The first-order valence-corrected chi connectivity index (χ1v) is 7.57. The summed E-state index contributed by atoms with van der Waals surface area (Å²) < 4.78 is 38.8. The van der Waals surface area contributed by atoms with Gasteiger partial charge in [-0.1, -0.05) is 24.6 Å². The quantitative estimate of drug-likeness (QED) is 0.922. The molecule has 1 fully saturated rings. The van der Waals surface area contributed by atoms with Crippen molar-refractivity contribution in [2.24, 2.45) is 0 Å². The third-order valence-corrected chi connectivity index (χ3v) is 4.49. The zero-order chi connectivity index (χ0) is 17.2. The van der Waals surface area contributed by atoms with Gasteiger partial charge in [0, 0.05) is 12.0 Å². The number of nitrogens with one attached hydrogen (secondary N) is 1. The van der Waals surface area contributed by atoms with Gasteiger partial charge in [-0.05, 0) is 24.5 Å². The number of alkyl halides is 3. The van der Waals surface area contributed by atoms with Gasteiger partial charge < -0.3 is 5.32 Å². The fourth-order valence-electron chi connectivity index (χ4n) is 2.93. The van der Waals surface area contributed by atoms with Crippen LogP contribution in [0.2, 0.25) is 0 Å². The van der Waals surface area contributed by atoms with E-state index in [0.717, 1.165) is 25.3 Å². The summed E-state index contributed by atoms with van der Waals surface area (Å²) >= 11 is 0. The summed E-state index contributed by atoms with van der Waals surface area (Å²) in [5, 5.41) is 11.8. The van der Waals surface area contributed by atoms with Crippen molar-refractivity contribution < 1.29 is 13.2 Å². The predicted molar refractivity (Wildman–Crippen MR) is 82.2 cm³/mol. The molecule has 0 atom stereocenters. The van der Waals surface area contributed by atoms with Crippen LogP contribution >= 0.6 is 0 Å². The van der Waals surface area contributed by atoms with Crippen molar-refractivity contribution >= 4 is 5.82 Å². The van der Waals surface area contributed by atoms with Crippen molar-refractivity contribution in [2.75, 3.05) is 11.9 Å². The van der Waals surface area contributed by atoms with Crippen LogP contribution < -0.4 is 5.32 Å². The molecule has 1 N–H and O–H groups in total. The molecule has 1 aliphatic carbocycles. The maximum Gasteiger partial charge on any atom is 0.416 e. The van der Waals surface area contributed by atoms with Crippen LogP contribution in [0.3, 0.4) is 0 Å². The van der Waals surface area contributed by atoms with Crippen LogP contribution in [-0.4, -0.2) is 16.5 Å². The minimum atomic E-state index is -4.34. The summed E-state index contributed by atoms with van der Waals surface area (Å²) in [6.45, 7) is 0.481. The summed E-state index contributed by atoms with van der Waals surface area (Å²) in [4.78, 5) is 8.01. The number of anilines is 1. The highest BCUT2D eigenvalue weighted by atomic mass is 19.4. The molecule has 3 rings (SSSR count). The van der Waals surface area contributed by atoms with E-state index in [9.17, 15) is 13.2 Å². The molecule has 0 bridgehead atoms. The van der Waals surface area contributed by atoms with E-state index in [0.29, 0.717) is 17.9 Å². The monoisotopic (exact) mass is 332 g/mol. The predicted octanol–water partition coefficient (Wildman–Crippen LogP) is 3.90. The second-order valence-corrected chi connectivity index (χ2v) is 5.96. The summed E-state index contributed by atoms with van der Waals surface area (Å²) in [5.74, 6) is 0.507. The number of halogens is 3. The van der Waals surface area contributed by atoms with Gasteiger partial charge in [-0.3, -0.25) is 0 Å². The van der Waals surface area contributed by atoms with Crippen LogP contribution in [0, 0.1) is 11.3 Å². The van der Waals surface area contributed by atoms with Crippen LogP contribution in [-0.2, 0) is 11.6 Å². The highest BCUT2D eigenvalue weighted by Crippen LogP contribution is 2.45. The molecule has 1 saturated carbocycles. The van der Waals surface area contributed by atoms with Gasteiger partial charge in [0.1, 0.15) is 11.9 Å². The van der Waals surface area contributed by atoms with Crippen LogP contribution in [0.4, 0.5) is 19.0 Å². The van der Waals surface area contributed by atoms with E-state index in [1.807, 2.05) is 6.07 Å². The van der Waals surface area contributed by atoms with Gasteiger partial charge in [0.05, 0.1) is 18.0 Å². The Hall–Kier alpha value is -2.62. The van der Waals surface area contributed by atoms with E-state index in [2.05, 4.69) is 15.3 Å². The standard InChI is InChI=1S/C17H15F3N4/c18-17(19,20)13-4-1-3-12(7-13)16(5-2-6-16)11-24-15-10-22-14(8-21)9-23-15/h1,3-4,7,9-10H,2,5-6,11H2,(H,23,24). The Balaban J connectivity index is 1.78. The molecule has 24 heavy (non-hydrogen) atoms. The number of hydrogen-bond donors (Lipinski definition) is 1. The van der Waals surface area contributed by atoms with E-state index in [1.165, 1.54) is 24.5 Å². The molecule has 7 heteroatoms. The maximum absolute atomic E-state index is 12.9. The van der Waals surface area contributed by atoms with Crippen molar-refractivity contribution in [3.8, 4) is 6.07 Å². The molecule has 0 aliphatic heterocycles. The smallest absolute Gasteiger partial charge is 0.368 e. The fourth-order valence-corrected chi connectivity index (χ4v) is 2.93. The topological polar surface area (TPSA) is 61.6 Å². The minimum absolute atomic E-state index is 0.219. The van der Waals surface area contributed by atoms with Crippen molar-refractivity contribution in [2.45, 2.75) is 30.9 Å². The first kappa shape index (κ1) is 16.2. The number of nitriles is 1. The fraction of sp³-hybridized carbons (Fsp3) is 0.353. The summed E-state index contributed by atoms with van der Waals surface area (Å²) in [6.07, 6.45) is 1.11. The van der Waals surface area contributed by atoms with E-state index >= 15 is 0 Å². The average Bonchev–Trinajstić information content (AvgIpc) is 2.54. The van der Waals surface area contributed by atoms with Gasteiger partial charge in [0.25, 0.3) is 0 Å². The first-order chi connectivity index (χ1) is 11.4. The second-order valence-electron chi connectivity index (χ2n) is 5.96.